The van der Waals surface area contributed by atoms with Crippen molar-refractivity contribution < 1.29 is 0 Å². The summed E-state index contributed by atoms with van der Waals surface area (Å²) in [6.45, 7) is 3.07. The predicted molar refractivity (Wildman–Crippen MR) is 66.2 cm³/mol. The van der Waals surface area contributed by atoms with Gasteiger partial charge in [0.15, 0.2) is 0 Å². The van der Waals surface area contributed by atoms with Gasteiger partial charge in [-0.25, -0.2) is 0 Å². The standard InChI is InChI=1S/C11H15BrClN/c1-9(5-6-12)14-8-10-3-2-4-11(13)7-10/h2-4,7,9,14H,5-6,8H2,1H3. The van der Waals surface area contributed by atoms with Crippen molar-refractivity contribution in [2.24, 2.45) is 0 Å². The second-order valence-corrected chi connectivity index (χ2v) is 4.62. The lowest BCUT2D eigenvalue weighted by atomic mass is 10.2. The zero-order chi connectivity index (χ0) is 10.4. The number of alkyl halides is 1. The summed E-state index contributed by atoms with van der Waals surface area (Å²) in [5.41, 5.74) is 1.24. The quantitative estimate of drug-likeness (QED) is 0.810. The molecule has 1 unspecified atom stereocenters. The van der Waals surface area contributed by atoms with Crippen LogP contribution in [-0.4, -0.2) is 11.4 Å². The van der Waals surface area contributed by atoms with E-state index >= 15 is 0 Å². The van der Waals surface area contributed by atoms with Crippen molar-refractivity contribution in [3.05, 3.63) is 34.9 Å². The summed E-state index contributed by atoms with van der Waals surface area (Å²) < 4.78 is 0. The van der Waals surface area contributed by atoms with E-state index in [0.717, 1.165) is 23.3 Å². The van der Waals surface area contributed by atoms with Gasteiger partial charge in [-0.2, -0.15) is 0 Å². The van der Waals surface area contributed by atoms with Gasteiger partial charge >= 0.3 is 0 Å². The Bertz CT molecular complexity index is 278. The van der Waals surface area contributed by atoms with Crippen LogP contribution in [0.3, 0.4) is 0 Å². The second-order valence-electron chi connectivity index (χ2n) is 3.39. The fraction of sp³-hybridized carbons (Fsp3) is 0.455. The van der Waals surface area contributed by atoms with Crippen molar-refractivity contribution in [3.8, 4) is 0 Å². The largest absolute Gasteiger partial charge is 0.310 e. The molecule has 1 N–H and O–H groups in total. The zero-order valence-electron chi connectivity index (χ0n) is 8.26. The number of rotatable bonds is 5. The number of hydrogen-bond acceptors (Lipinski definition) is 1. The first kappa shape index (κ1) is 12.0. The molecular weight excluding hydrogens is 261 g/mol. The maximum absolute atomic E-state index is 5.89. The molecule has 0 fully saturated rings. The minimum atomic E-state index is 0.536. The van der Waals surface area contributed by atoms with E-state index in [1.165, 1.54) is 5.56 Å². The van der Waals surface area contributed by atoms with Crippen LogP contribution in [0.1, 0.15) is 18.9 Å². The minimum Gasteiger partial charge on any atom is -0.310 e. The number of benzene rings is 1. The lowest BCUT2D eigenvalue weighted by Gasteiger charge is -2.12. The van der Waals surface area contributed by atoms with Gasteiger partial charge in [-0.05, 0) is 31.0 Å². The Hall–Kier alpha value is -0.0500. The molecule has 0 spiro atoms. The van der Waals surface area contributed by atoms with E-state index in [4.69, 9.17) is 11.6 Å². The van der Waals surface area contributed by atoms with Gasteiger partial charge in [0, 0.05) is 22.9 Å². The van der Waals surface area contributed by atoms with E-state index in [9.17, 15) is 0 Å². The molecule has 0 bridgehead atoms. The average Bonchev–Trinajstić information content (AvgIpc) is 2.15. The van der Waals surface area contributed by atoms with E-state index in [2.05, 4.69) is 34.2 Å². The second kappa shape index (κ2) is 6.44. The van der Waals surface area contributed by atoms with E-state index in [1.54, 1.807) is 0 Å². The Morgan fingerprint density at radius 2 is 2.29 bits per heavy atom. The Kier molecular flexibility index (Phi) is 5.53. The van der Waals surface area contributed by atoms with Crippen LogP contribution >= 0.6 is 27.5 Å². The lowest BCUT2D eigenvalue weighted by molar-refractivity contribution is 0.538. The first-order chi connectivity index (χ1) is 6.72. The first-order valence-electron chi connectivity index (χ1n) is 4.76. The van der Waals surface area contributed by atoms with Gasteiger partial charge < -0.3 is 5.32 Å². The van der Waals surface area contributed by atoms with E-state index < -0.39 is 0 Å². The zero-order valence-corrected chi connectivity index (χ0v) is 10.6. The van der Waals surface area contributed by atoms with Crippen LogP contribution in [0.5, 0.6) is 0 Å². The predicted octanol–water partition coefficient (Wildman–Crippen LogP) is 3.60. The van der Waals surface area contributed by atoms with Crippen LogP contribution in [0.25, 0.3) is 0 Å². The highest BCUT2D eigenvalue weighted by molar-refractivity contribution is 9.09. The van der Waals surface area contributed by atoms with E-state index in [1.807, 2.05) is 18.2 Å². The molecule has 0 amide bonds. The fourth-order valence-corrected chi connectivity index (χ4v) is 2.10. The molecule has 0 aromatic heterocycles. The van der Waals surface area contributed by atoms with Crippen LogP contribution in [0.15, 0.2) is 24.3 Å². The van der Waals surface area contributed by atoms with Gasteiger partial charge in [-0.15, -0.1) is 0 Å². The summed E-state index contributed by atoms with van der Waals surface area (Å²) in [6, 6.07) is 8.49. The molecule has 0 saturated heterocycles. The fourth-order valence-electron chi connectivity index (χ4n) is 1.20. The normalized spacial score (nSPS) is 12.8. The molecule has 14 heavy (non-hydrogen) atoms. The van der Waals surface area contributed by atoms with Crippen LogP contribution in [0.4, 0.5) is 0 Å². The first-order valence-corrected chi connectivity index (χ1v) is 6.26. The van der Waals surface area contributed by atoms with Crippen LogP contribution < -0.4 is 5.32 Å². The molecule has 0 saturated carbocycles. The minimum absolute atomic E-state index is 0.536. The van der Waals surface area contributed by atoms with Gasteiger partial charge in [0.05, 0.1) is 0 Å². The topological polar surface area (TPSA) is 12.0 Å². The molecule has 0 radical (unpaired) electrons. The van der Waals surface area contributed by atoms with Gasteiger partial charge in [0.1, 0.15) is 0 Å². The molecule has 0 aliphatic heterocycles. The molecular formula is C11H15BrClN. The van der Waals surface area contributed by atoms with E-state index in [0.29, 0.717) is 6.04 Å². The number of hydrogen-bond donors (Lipinski definition) is 1. The molecule has 1 nitrogen and oxygen atoms in total. The molecule has 1 aromatic rings. The molecule has 0 aliphatic rings. The number of nitrogens with one attached hydrogen (secondary N) is 1. The van der Waals surface area contributed by atoms with Gasteiger partial charge in [-0.1, -0.05) is 39.7 Å². The van der Waals surface area contributed by atoms with Gasteiger partial charge in [0.2, 0.25) is 0 Å². The summed E-state index contributed by atoms with van der Waals surface area (Å²) in [5.74, 6) is 0. The van der Waals surface area contributed by atoms with Gasteiger partial charge in [-0.3, -0.25) is 0 Å². The molecule has 0 aliphatic carbocycles. The molecule has 1 aromatic carbocycles. The highest BCUT2D eigenvalue weighted by atomic mass is 79.9. The Morgan fingerprint density at radius 1 is 1.50 bits per heavy atom. The summed E-state index contributed by atoms with van der Waals surface area (Å²) in [6.07, 6.45) is 1.14. The number of halogens is 2. The summed E-state index contributed by atoms with van der Waals surface area (Å²) in [7, 11) is 0. The Balaban J connectivity index is 2.37. The molecule has 3 heteroatoms. The Labute approximate surface area is 99.0 Å². The third kappa shape index (κ3) is 4.45. The highest BCUT2D eigenvalue weighted by Crippen LogP contribution is 2.10. The van der Waals surface area contributed by atoms with Crippen LogP contribution in [0, 0.1) is 0 Å². The van der Waals surface area contributed by atoms with Crippen molar-refractivity contribution >= 4 is 27.5 Å². The van der Waals surface area contributed by atoms with Crippen molar-refractivity contribution in [1.29, 1.82) is 0 Å². The lowest BCUT2D eigenvalue weighted by Crippen LogP contribution is -2.25. The maximum Gasteiger partial charge on any atom is 0.0409 e. The summed E-state index contributed by atoms with van der Waals surface area (Å²) in [4.78, 5) is 0. The van der Waals surface area contributed by atoms with Crippen molar-refractivity contribution in [1.82, 2.24) is 5.32 Å². The molecule has 0 heterocycles. The molecule has 78 valence electrons. The molecule has 1 rings (SSSR count). The van der Waals surface area contributed by atoms with Crippen molar-refractivity contribution in [2.75, 3.05) is 5.33 Å². The van der Waals surface area contributed by atoms with E-state index in [-0.39, 0.29) is 0 Å². The molecule has 1 atom stereocenters. The maximum atomic E-state index is 5.89. The SMILES string of the molecule is CC(CCBr)NCc1cccc(Cl)c1. The third-order valence-corrected chi connectivity index (χ3v) is 2.78. The summed E-state index contributed by atoms with van der Waals surface area (Å²) in [5, 5.41) is 5.28. The van der Waals surface area contributed by atoms with Crippen LogP contribution in [-0.2, 0) is 6.54 Å². The van der Waals surface area contributed by atoms with Gasteiger partial charge in [0.25, 0.3) is 0 Å². The average molecular weight is 277 g/mol. The third-order valence-electron chi connectivity index (χ3n) is 2.09. The van der Waals surface area contributed by atoms with Crippen LogP contribution in [0.2, 0.25) is 5.02 Å². The Morgan fingerprint density at radius 3 is 2.93 bits per heavy atom. The van der Waals surface area contributed by atoms with Crippen molar-refractivity contribution in [3.63, 3.8) is 0 Å². The van der Waals surface area contributed by atoms with Crippen molar-refractivity contribution in [2.45, 2.75) is 25.9 Å². The smallest absolute Gasteiger partial charge is 0.0409 e. The monoisotopic (exact) mass is 275 g/mol. The summed E-state index contributed by atoms with van der Waals surface area (Å²) >= 11 is 9.31. The highest BCUT2D eigenvalue weighted by Gasteiger charge is 2.00.